The molecular weight excluding hydrogens is 162 g/mol. The van der Waals surface area contributed by atoms with Gasteiger partial charge in [0.2, 0.25) is 0 Å². The van der Waals surface area contributed by atoms with Crippen LogP contribution in [0.3, 0.4) is 0 Å². The van der Waals surface area contributed by atoms with Crippen LogP contribution in [0.5, 0.6) is 0 Å². The molecule has 0 aromatic carbocycles. The third-order valence-electron chi connectivity index (χ3n) is 3.79. The van der Waals surface area contributed by atoms with E-state index >= 15 is 0 Å². The number of fused-ring (bicyclic) bond motifs is 1. The molecule has 0 amide bonds. The van der Waals surface area contributed by atoms with Crippen LogP contribution in [-0.4, -0.2) is 12.8 Å². The molecule has 0 aromatic rings. The summed E-state index contributed by atoms with van der Waals surface area (Å²) in [6.45, 7) is 6.21. The summed E-state index contributed by atoms with van der Waals surface area (Å²) in [5.41, 5.74) is 2.63. The summed E-state index contributed by atoms with van der Waals surface area (Å²) < 4.78 is 0. The van der Waals surface area contributed by atoms with Gasteiger partial charge in [-0.1, -0.05) is 13.8 Å². The van der Waals surface area contributed by atoms with Gasteiger partial charge in [-0.05, 0) is 30.6 Å². The molecule has 0 saturated heterocycles. The molecule has 2 rings (SSSR count). The summed E-state index contributed by atoms with van der Waals surface area (Å²) in [7, 11) is 1.91. The first-order valence-electron chi connectivity index (χ1n) is 4.92. The van der Waals surface area contributed by atoms with E-state index in [1.807, 2.05) is 7.05 Å². The maximum atomic E-state index is 11.4. The average Bonchev–Trinajstić information content (AvgIpc) is 2.50. The van der Waals surface area contributed by atoms with Crippen LogP contribution in [-0.2, 0) is 4.79 Å². The first kappa shape index (κ1) is 8.79. The molecular formula is C11H17NO. The Morgan fingerprint density at radius 1 is 1.54 bits per heavy atom. The van der Waals surface area contributed by atoms with Crippen LogP contribution in [0.1, 0.15) is 27.2 Å². The third kappa shape index (κ3) is 0.976. The SMILES string of the molecule is CNC1=C(C(C)=O)[C@@H]2[C@@H](C1)C2(C)C. The first-order chi connectivity index (χ1) is 6.00. The summed E-state index contributed by atoms with van der Waals surface area (Å²) in [5, 5.41) is 3.15. The van der Waals surface area contributed by atoms with Gasteiger partial charge in [0.15, 0.2) is 5.78 Å². The largest absolute Gasteiger partial charge is 0.391 e. The summed E-state index contributed by atoms with van der Waals surface area (Å²) in [5.74, 6) is 1.50. The van der Waals surface area contributed by atoms with E-state index in [1.165, 1.54) is 5.70 Å². The minimum atomic E-state index is 0.252. The zero-order valence-electron chi connectivity index (χ0n) is 8.77. The number of ketones is 1. The zero-order valence-corrected chi connectivity index (χ0v) is 8.77. The van der Waals surface area contributed by atoms with Crippen LogP contribution >= 0.6 is 0 Å². The van der Waals surface area contributed by atoms with Crippen molar-refractivity contribution >= 4 is 5.78 Å². The maximum Gasteiger partial charge on any atom is 0.157 e. The fourth-order valence-corrected chi connectivity index (χ4v) is 2.88. The Balaban J connectivity index is 2.33. The summed E-state index contributed by atoms with van der Waals surface area (Å²) in [6.07, 6.45) is 1.07. The van der Waals surface area contributed by atoms with Gasteiger partial charge in [-0.3, -0.25) is 4.79 Å². The summed E-state index contributed by atoms with van der Waals surface area (Å²) >= 11 is 0. The number of allylic oxidation sites excluding steroid dienone is 2. The molecule has 0 spiro atoms. The van der Waals surface area contributed by atoms with Crippen molar-refractivity contribution in [1.82, 2.24) is 5.32 Å². The Bertz CT molecular complexity index is 301. The van der Waals surface area contributed by atoms with Gasteiger partial charge in [-0.15, -0.1) is 0 Å². The van der Waals surface area contributed by atoms with Crippen molar-refractivity contribution in [2.75, 3.05) is 7.05 Å². The lowest BCUT2D eigenvalue weighted by Crippen LogP contribution is -2.15. The van der Waals surface area contributed by atoms with Crippen LogP contribution < -0.4 is 5.32 Å². The molecule has 2 aliphatic carbocycles. The van der Waals surface area contributed by atoms with Crippen molar-refractivity contribution < 1.29 is 4.79 Å². The van der Waals surface area contributed by atoms with Gasteiger partial charge in [-0.2, -0.15) is 0 Å². The molecule has 2 nitrogen and oxygen atoms in total. The molecule has 0 aliphatic heterocycles. The highest BCUT2D eigenvalue weighted by atomic mass is 16.1. The third-order valence-corrected chi connectivity index (χ3v) is 3.79. The number of Topliss-reactive ketones (excluding diaryl/α,β-unsaturated/α-hetero) is 1. The minimum Gasteiger partial charge on any atom is -0.391 e. The van der Waals surface area contributed by atoms with Gasteiger partial charge in [0.25, 0.3) is 0 Å². The molecule has 2 heteroatoms. The predicted octanol–water partition coefficient (Wildman–Crippen LogP) is 1.72. The molecule has 0 aromatic heterocycles. The first-order valence-corrected chi connectivity index (χ1v) is 4.92. The van der Waals surface area contributed by atoms with E-state index in [9.17, 15) is 4.79 Å². The van der Waals surface area contributed by atoms with Gasteiger partial charge in [0.1, 0.15) is 0 Å². The number of rotatable bonds is 2. The zero-order chi connectivity index (χ0) is 9.80. The second kappa shape index (κ2) is 2.37. The molecule has 1 N–H and O–H groups in total. The lowest BCUT2D eigenvalue weighted by molar-refractivity contribution is -0.114. The van der Waals surface area contributed by atoms with E-state index < -0.39 is 0 Å². The van der Waals surface area contributed by atoms with E-state index in [1.54, 1.807) is 6.92 Å². The van der Waals surface area contributed by atoms with Crippen LogP contribution in [0.25, 0.3) is 0 Å². The Labute approximate surface area is 79.4 Å². The molecule has 0 bridgehead atoms. The van der Waals surface area contributed by atoms with Crippen molar-refractivity contribution in [2.45, 2.75) is 27.2 Å². The van der Waals surface area contributed by atoms with E-state index in [0.29, 0.717) is 17.3 Å². The number of hydrogen-bond donors (Lipinski definition) is 1. The highest BCUT2D eigenvalue weighted by Crippen LogP contribution is 2.68. The molecule has 1 fully saturated rings. The lowest BCUT2D eigenvalue weighted by atomic mass is 9.96. The smallest absolute Gasteiger partial charge is 0.157 e. The van der Waals surface area contributed by atoms with Gasteiger partial charge in [-0.25, -0.2) is 0 Å². The second-order valence-electron chi connectivity index (χ2n) is 4.81. The van der Waals surface area contributed by atoms with E-state index in [0.717, 1.165) is 12.0 Å². The topological polar surface area (TPSA) is 29.1 Å². The number of hydrogen-bond acceptors (Lipinski definition) is 2. The molecule has 13 heavy (non-hydrogen) atoms. The van der Waals surface area contributed by atoms with E-state index in [4.69, 9.17) is 0 Å². The molecule has 0 unspecified atom stereocenters. The van der Waals surface area contributed by atoms with Crippen molar-refractivity contribution in [2.24, 2.45) is 17.3 Å². The van der Waals surface area contributed by atoms with Crippen molar-refractivity contribution in [3.8, 4) is 0 Å². The normalized spacial score (nSPS) is 34.5. The minimum absolute atomic E-state index is 0.252. The fraction of sp³-hybridized carbons (Fsp3) is 0.727. The quantitative estimate of drug-likeness (QED) is 0.699. The van der Waals surface area contributed by atoms with Crippen LogP contribution in [0.15, 0.2) is 11.3 Å². The van der Waals surface area contributed by atoms with Crippen LogP contribution in [0, 0.1) is 17.3 Å². The second-order valence-corrected chi connectivity index (χ2v) is 4.81. The molecule has 0 radical (unpaired) electrons. The Kier molecular flexibility index (Phi) is 1.60. The van der Waals surface area contributed by atoms with Crippen LogP contribution in [0.2, 0.25) is 0 Å². The fourth-order valence-electron chi connectivity index (χ4n) is 2.88. The molecule has 2 atom stereocenters. The maximum absolute atomic E-state index is 11.4. The monoisotopic (exact) mass is 179 g/mol. The van der Waals surface area contributed by atoms with Crippen molar-refractivity contribution in [3.05, 3.63) is 11.3 Å². The van der Waals surface area contributed by atoms with Gasteiger partial charge < -0.3 is 5.32 Å². The number of carbonyl (C=O) groups is 1. The molecule has 72 valence electrons. The van der Waals surface area contributed by atoms with Gasteiger partial charge >= 0.3 is 0 Å². The summed E-state index contributed by atoms with van der Waals surface area (Å²) in [4.78, 5) is 11.4. The van der Waals surface area contributed by atoms with Crippen LogP contribution in [0.4, 0.5) is 0 Å². The molecule has 2 aliphatic rings. The standard InChI is InChI=1S/C11H17NO/c1-6(13)9-8(12-4)5-7-10(9)11(7,2)3/h7,10,12H,5H2,1-4H3/t7-,10+/m1/s1. The van der Waals surface area contributed by atoms with Crippen molar-refractivity contribution in [1.29, 1.82) is 0 Å². The Hall–Kier alpha value is -0.790. The molecule has 1 saturated carbocycles. The number of nitrogens with one attached hydrogen (secondary N) is 1. The predicted molar refractivity (Wildman–Crippen MR) is 52.1 cm³/mol. The average molecular weight is 179 g/mol. The lowest BCUT2D eigenvalue weighted by Gasteiger charge is -2.13. The Morgan fingerprint density at radius 2 is 2.15 bits per heavy atom. The van der Waals surface area contributed by atoms with E-state index in [2.05, 4.69) is 19.2 Å². The highest BCUT2D eigenvalue weighted by Gasteiger charge is 2.63. The van der Waals surface area contributed by atoms with Gasteiger partial charge in [0, 0.05) is 18.3 Å². The highest BCUT2D eigenvalue weighted by molar-refractivity contribution is 5.96. The molecule has 0 heterocycles. The van der Waals surface area contributed by atoms with E-state index in [-0.39, 0.29) is 5.78 Å². The Morgan fingerprint density at radius 3 is 2.62 bits per heavy atom. The summed E-state index contributed by atoms with van der Waals surface area (Å²) in [6, 6.07) is 0. The van der Waals surface area contributed by atoms with Gasteiger partial charge in [0.05, 0.1) is 0 Å². The van der Waals surface area contributed by atoms with Crippen molar-refractivity contribution in [3.63, 3.8) is 0 Å². The number of carbonyl (C=O) groups excluding carboxylic acids is 1.